The third kappa shape index (κ3) is 5.99. The molecule has 0 aliphatic rings. The average molecular weight is 298 g/mol. The maximum atomic E-state index is 13.5. The summed E-state index contributed by atoms with van der Waals surface area (Å²) in [6.45, 7) is 4.37. The molecule has 1 N–H and O–H groups in total. The molecule has 1 amide bonds. The Labute approximate surface area is 123 Å². The van der Waals surface area contributed by atoms with Crippen molar-refractivity contribution in [3.05, 3.63) is 35.4 Å². The largest absolute Gasteiger partial charge is 0.355 e. The molecule has 1 aromatic rings. The Hall–Kier alpha value is -1.82. The lowest BCUT2D eigenvalue weighted by atomic mass is 10.1. The highest BCUT2D eigenvalue weighted by atomic mass is 19.1. The number of carbonyl (C=O) groups excluding carboxylic acids is 2. The van der Waals surface area contributed by atoms with Crippen molar-refractivity contribution in [2.45, 2.75) is 13.8 Å². The molecule has 0 radical (unpaired) electrons. The molecule has 0 heterocycles. The van der Waals surface area contributed by atoms with Gasteiger partial charge in [-0.15, -0.1) is 0 Å². The van der Waals surface area contributed by atoms with Crippen LogP contribution in [0.25, 0.3) is 0 Å². The molecule has 0 fully saturated rings. The maximum absolute atomic E-state index is 13.5. The molecule has 0 aliphatic carbocycles. The summed E-state index contributed by atoms with van der Waals surface area (Å²) in [7, 11) is 1.57. The summed E-state index contributed by atoms with van der Waals surface area (Å²) in [4.78, 5) is 25.0. The molecule has 21 heavy (non-hydrogen) atoms. The molecule has 116 valence electrons. The Morgan fingerprint density at radius 2 is 1.90 bits per heavy atom. The van der Waals surface area contributed by atoms with E-state index >= 15 is 0 Å². The fourth-order valence-corrected chi connectivity index (χ4v) is 1.72. The van der Waals surface area contributed by atoms with Crippen LogP contribution in [0.4, 0.5) is 8.78 Å². The topological polar surface area (TPSA) is 49.4 Å². The molecule has 6 heteroatoms. The second-order valence-electron chi connectivity index (χ2n) is 5.42. The van der Waals surface area contributed by atoms with E-state index in [0.29, 0.717) is 12.5 Å². The number of Topliss-reactive ketones (excluding diaryl/α,β-unsaturated/α-hetero) is 1. The number of carbonyl (C=O) groups is 2. The Kier molecular flexibility index (Phi) is 6.42. The molecular formula is C15H20F2N2O2. The molecule has 1 aromatic carbocycles. The van der Waals surface area contributed by atoms with Crippen molar-refractivity contribution in [2.24, 2.45) is 5.92 Å². The molecule has 0 aromatic heterocycles. The van der Waals surface area contributed by atoms with Crippen LogP contribution in [-0.2, 0) is 4.79 Å². The minimum Gasteiger partial charge on any atom is -0.355 e. The van der Waals surface area contributed by atoms with E-state index in [2.05, 4.69) is 5.32 Å². The van der Waals surface area contributed by atoms with Gasteiger partial charge in [0.15, 0.2) is 5.78 Å². The lowest BCUT2D eigenvalue weighted by Gasteiger charge is -2.16. The van der Waals surface area contributed by atoms with Crippen molar-refractivity contribution < 1.29 is 18.4 Å². The summed E-state index contributed by atoms with van der Waals surface area (Å²) in [5.74, 6) is -1.87. The van der Waals surface area contributed by atoms with E-state index in [-0.39, 0.29) is 24.6 Å². The predicted octanol–water partition coefficient (Wildman–Crippen LogP) is 1.85. The van der Waals surface area contributed by atoms with Gasteiger partial charge in [-0.3, -0.25) is 14.5 Å². The van der Waals surface area contributed by atoms with Gasteiger partial charge in [-0.25, -0.2) is 8.78 Å². The second kappa shape index (κ2) is 7.83. The molecule has 1 rings (SSSR count). The fourth-order valence-electron chi connectivity index (χ4n) is 1.72. The number of nitrogens with zero attached hydrogens (tertiary/aromatic N) is 1. The normalized spacial score (nSPS) is 11.0. The van der Waals surface area contributed by atoms with Crippen LogP contribution in [0.3, 0.4) is 0 Å². The summed E-state index contributed by atoms with van der Waals surface area (Å²) >= 11 is 0. The van der Waals surface area contributed by atoms with Crippen LogP contribution in [0.15, 0.2) is 18.2 Å². The van der Waals surface area contributed by atoms with E-state index in [4.69, 9.17) is 0 Å². The van der Waals surface area contributed by atoms with E-state index in [0.717, 1.165) is 18.2 Å². The summed E-state index contributed by atoms with van der Waals surface area (Å²) < 4.78 is 26.5. The SMILES string of the molecule is CC(C)CNC(=O)CN(C)CC(=O)c1cc(F)ccc1F. The molecule has 0 spiro atoms. The van der Waals surface area contributed by atoms with Crippen molar-refractivity contribution in [3.63, 3.8) is 0 Å². The summed E-state index contributed by atoms with van der Waals surface area (Å²) in [5.41, 5.74) is -0.301. The molecule has 0 saturated carbocycles. The van der Waals surface area contributed by atoms with Crippen LogP contribution in [0, 0.1) is 17.6 Å². The van der Waals surface area contributed by atoms with Gasteiger partial charge in [0, 0.05) is 6.54 Å². The zero-order chi connectivity index (χ0) is 16.0. The van der Waals surface area contributed by atoms with Crippen molar-refractivity contribution in [2.75, 3.05) is 26.7 Å². The zero-order valence-electron chi connectivity index (χ0n) is 12.5. The first-order chi connectivity index (χ1) is 9.79. The number of halogens is 2. The van der Waals surface area contributed by atoms with Gasteiger partial charge in [-0.2, -0.15) is 0 Å². The number of amides is 1. The number of benzene rings is 1. The fraction of sp³-hybridized carbons (Fsp3) is 0.467. The number of hydrogen-bond donors (Lipinski definition) is 1. The molecule has 0 bridgehead atoms. The van der Waals surface area contributed by atoms with Crippen LogP contribution in [-0.4, -0.2) is 43.3 Å². The third-order valence-electron chi connectivity index (χ3n) is 2.76. The molecule has 0 saturated heterocycles. The predicted molar refractivity (Wildman–Crippen MR) is 76.0 cm³/mol. The van der Waals surface area contributed by atoms with E-state index in [1.807, 2.05) is 13.8 Å². The van der Waals surface area contributed by atoms with Gasteiger partial charge in [-0.05, 0) is 31.2 Å². The average Bonchev–Trinajstić information content (AvgIpc) is 2.38. The highest BCUT2D eigenvalue weighted by molar-refractivity contribution is 5.98. The number of hydrogen-bond acceptors (Lipinski definition) is 3. The first kappa shape index (κ1) is 17.2. The van der Waals surface area contributed by atoms with E-state index in [1.165, 1.54) is 4.90 Å². The number of nitrogens with one attached hydrogen (secondary N) is 1. The lowest BCUT2D eigenvalue weighted by molar-refractivity contribution is -0.121. The lowest BCUT2D eigenvalue weighted by Crippen LogP contribution is -2.38. The third-order valence-corrected chi connectivity index (χ3v) is 2.76. The Bertz CT molecular complexity index is 518. The number of ketones is 1. The minimum absolute atomic E-state index is 0.0232. The van der Waals surface area contributed by atoms with E-state index in [9.17, 15) is 18.4 Å². The molecule has 0 atom stereocenters. The first-order valence-corrected chi connectivity index (χ1v) is 6.73. The van der Waals surface area contributed by atoms with Gasteiger partial charge in [0.2, 0.25) is 5.91 Å². The molecule has 4 nitrogen and oxygen atoms in total. The van der Waals surface area contributed by atoms with Crippen LogP contribution in [0.5, 0.6) is 0 Å². The van der Waals surface area contributed by atoms with Crippen LogP contribution in [0.2, 0.25) is 0 Å². The molecule has 0 unspecified atom stereocenters. The van der Waals surface area contributed by atoms with Gasteiger partial charge in [0.05, 0.1) is 18.7 Å². The van der Waals surface area contributed by atoms with Gasteiger partial charge in [-0.1, -0.05) is 13.8 Å². The van der Waals surface area contributed by atoms with Gasteiger partial charge in [0.1, 0.15) is 11.6 Å². The smallest absolute Gasteiger partial charge is 0.234 e. The van der Waals surface area contributed by atoms with E-state index in [1.54, 1.807) is 7.05 Å². The van der Waals surface area contributed by atoms with Gasteiger partial charge >= 0.3 is 0 Å². The Balaban J connectivity index is 2.54. The van der Waals surface area contributed by atoms with Crippen molar-refractivity contribution in [3.8, 4) is 0 Å². The maximum Gasteiger partial charge on any atom is 0.234 e. The Morgan fingerprint density at radius 1 is 1.24 bits per heavy atom. The van der Waals surface area contributed by atoms with Crippen LogP contribution >= 0.6 is 0 Å². The van der Waals surface area contributed by atoms with Crippen LogP contribution < -0.4 is 5.32 Å². The summed E-state index contributed by atoms with van der Waals surface area (Å²) in [6.07, 6.45) is 0. The highest BCUT2D eigenvalue weighted by Crippen LogP contribution is 2.10. The summed E-state index contributed by atoms with van der Waals surface area (Å²) in [6, 6.07) is 2.73. The quantitative estimate of drug-likeness (QED) is 0.782. The van der Waals surface area contributed by atoms with Crippen molar-refractivity contribution in [1.29, 1.82) is 0 Å². The van der Waals surface area contributed by atoms with Crippen LogP contribution in [0.1, 0.15) is 24.2 Å². The highest BCUT2D eigenvalue weighted by Gasteiger charge is 2.16. The summed E-state index contributed by atoms with van der Waals surface area (Å²) in [5, 5.41) is 2.72. The zero-order valence-corrected chi connectivity index (χ0v) is 12.5. The second-order valence-corrected chi connectivity index (χ2v) is 5.42. The standard InChI is InChI=1S/C15H20F2N2O2/c1-10(2)7-18-15(21)9-19(3)8-14(20)12-6-11(16)4-5-13(12)17/h4-6,10H,7-9H2,1-3H3,(H,18,21). The van der Waals surface area contributed by atoms with Crippen molar-refractivity contribution in [1.82, 2.24) is 10.2 Å². The molecule has 0 aliphatic heterocycles. The van der Waals surface area contributed by atoms with E-state index < -0.39 is 17.4 Å². The number of likely N-dealkylation sites (N-methyl/N-ethyl adjacent to an activating group) is 1. The van der Waals surface area contributed by atoms with Crippen molar-refractivity contribution >= 4 is 11.7 Å². The Morgan fingerprint density at radius 3 is 2.52 bits per heavy atom. The first-order valence-electron chi connectivity index (χ1n) is 6.73. The monoisotopic (exact) mass is 298 g/mol. The number of rotatable bonds is 7. The minimum atomic E-state index is -0.765. The van der Waals surface area contributed by atoms with Gasteiger partial charge < -0.3 is 5.32 Å². The van der Waals surface area contributed by atoms with Gasteiger partial charge in [0.25, 0.3) is 0 Å². The molecular weight excluding hydrogens is 278 g/mol.